The Morgan fingerprint density at radius 3 is 2.95 bits per heavy atom. The summed E-state index contributed by atoms with van der Waals surface area (Å²) >= 11 is 0. The Bertz CT molecular complexity index is 584. The van der Waals surface area contributed by atoms with Crippen molar-refractivity contribution in [3.05, 3.63) is 24.3 Å². The van der Waals surface area contributed by atoms with Crippen LogP contribution in [0.3, 0.4) is 0 Å². The van der Waals surface area contributed by atoms with Gasteiger partial charge in [0.15, 0.2) is 6.61 Å². The van der Waals surface area contributed by atoms with Gasteiger partial charge in [0.1, 0.15) is 12.3 Å². The number of fused-ring (bicyclic) bond motifs is 1. The average molecular weight is 303 g/mol. The van der Waals surface area contributed by atoms with Gasteiger partial charge in [0, 0.05) is 5.71 Å². The van der Waals surface area contributed by atoms with E-state index in [9.17, 15) is 9.59 Å². The molecule has 2 amide bonds. The summed E-state index contributed by atoms with van der Waals surface area (Å²) in [6.45, 7) is 3.87. The number of benzene rings is 1. The van der Waals surface area contributed by atoms with Crippen molar-refractivity contribution >= 4 is 23.2 Å². The first-order valence-corrected chi connectivity index (χ1v) is 7.46. The number of para-hydroxylation sites is 2. The van der Waals surface area contributed by atoms with Gasteiger partial charge >= 0.3 is 0 Å². The van der Waals surface area contributed by atoms with E-state index in [4.69, 9.17) is 4.74 Å². The van der Waals surface area contributed by atoms with Gasteiger partial charge in [-0.15, -0.1) is 0 Å². The van der Waals surface area contributed by atoms with Gasteiger partial charge in [0.25, 0.3) is 11.8 Å². The predicted molar refractivity (Wildman–Crippen MR) is 85.1 cm³/mol. The second kappa shape index (κ2) is 7.59. The van der Waals surface area contributed by atoms with Crippen molar-refractivity contribution in [3.8, 4) is 5.75 Å². The van der Waals surface area contributed by atoms with Crippen molar-refractivity contribution in [1.29, 1.82) is 0 Å². The second-order valence-electron chi connectivity index (χ2n) is 5.22. The third-order valence-electron chi connectivity index (χ3n) is 3.37. The molecule has 0 saturated carbocycles. The van der Waals surface area contributed by atoms with Crippen LogP contribution in [0.1, 0.15) is 33.1 Å². The molecule has 1 aliphatic heterocycles. The Labute approximate surface area is 130 Å². The number of ether oxygens (including phenoxy) is 1. The zero-order chi connectivity index (χ0) is 15.9. The summed E-state index contributed by atoms with van der Waals surface area (Å²) in [5, 5.41) is 4.06. The predicted octanol–water partition coefficient (Wildman–Crippen LogP) is 2.09. The molecule has 0 saturated heterocycles. The summed E-state index contributed by atoms with van der Waals surface area (Å²) in [5.74, 6) is 0.0546. The minimum absolute atomic E-state index is 0.0525. The van der Waals surface area contributed by atoms with Crippen LogP contribution in [0, 0.1) is 0 Å². The highest BCUT2D eigenvalue weighted by Crippen LogP contribution is 2.31. The minimum atomic E-state index is -0.319. The largest absolute Gasteiger partial charge is 0.482 e. The van der Waals surface area contributed by atoms with E-state index in [1.807, 2.05) is 13.0 Å². The number of carbonyl (C=O) groups excluding carboxylic acids is 2. The highest BCUT2D eigenvalue weighted by atomic mass is 16.5. The first-order chi connectivity index (χ1) is 10.6. The Morgan fingerprint density at radius 1 is 1.41 bits per heavy atom. The summed E-state index contributed by atoms with van der Waals surface area (Å²) in [6.07, 6.45) is 2.98. The number of amides is 2. The molecule has 0 radical (unpaired) electrons. The monoisotopic (exact) mass is 303 g/mol. The van der Waals surface area contributed by atoms with Crippen LogP contribution in [-0.2, 0) is 9.59 Å². The quantitative estimate of drug-likeness (QED) is 0.646. The van der Waals surface area contributed by atoms with Gasteiger partial charge in [-0.25, -0.2) is 5.43 Å². The minimum Gasteiger partial charge on any atom is -0.482 e. The van der Waals surface area contributed by atoms with Crippen LogP contribution in [0.5, 0.6) is 5.75 Å². The van der Waals surface area contributed by atoms with Crippen LogP contribution in [0.4, 0.5) is 5.69 Å². The number of carbonyl (C=O) groups is 2. The second-order valence-corrected chi connectivity index (χ2v) is 5.22. The van der Waals surface area contributed by atoms with E-state index in [-0.39, 0.29) is 25.0 Å². The number of unbranched alkanes of at least 4 members (excludes halogenated alkanes) is 1. The molecule has 6 heteroatoms. The number of hydrazone groups is 1. The topological polar surface area (TPSA) is 71.0 Å². The molecule has 2 rings (SSSR count). The van der Waals surface area contributed by atoms with E-state index in [2.05, 4.69) is 17.5 Å². The molecule has 1 N–H and O–H groups in total. The number of hydrogen-bond acceptors (Lipinski definition) is 4. The molecule has 0 aromatic heterocycles. The first-order valence-electron chi connectivity index (χ1n) is 7.46. The molecule has 0 fully saturated rings. The zero-order valence-electron chi connectivity index (χ0n) is 13.0. The standard InChI is InChI=1S/C16H21N3O3/c1-3-4-7-12(2)17-18-15(20)10-19-13-8-5-6-9-14(13)22-11-16(19)21/h5-6,8-9H,3-4,7,10-11H2,1-2H3,(H,18,20)/b17-12-. The molecule has 0 spiro atoms. The number of nitrogens with zero attached hydrogens (tertiary/aromatic N) is 2. The number of rotatable bonds is 6. The van der Waals surface area contributed by atoms with Gasteiger partial charge in [-0.3, -0.25) is 14.5 Å². The lowest BCUT2D eigenvalue weighted by Crippen LogP contribution is -2.44. The van der Waals surface area contributed by atoms with Crippen molar-refractivity contribution in [2.45, 2.75) is 33.1 Å². The molecule has 1 heterocycles. The maximum Gasteiger partial charge on any atom is 0.265 e. The van der Waals surface area contributed by atoms with Crippen LogP contribution >= 0.6 is 0 Å². The summed E-state index contributed by atoms with van der Waals surface area (Å²) in [4.78, 5) is 25.4. The smallest absolute Gasteiger partial charge is 0.265 e. The van der Waals surface area contributed by atoms with Crippen LogP contribution in [0.15, 0.2) is 29.4 Å². The van der Waals surface area contributed by atoms with Gasteiger partial charge in [0.05, 0.1) is 5.69 Å². The van der Waals surface area contributed by atoms with E-state index in [1.54, 1.807) is 18.2 Å². The lowest BCUT2D eigenvalue weighted by Gasteiger charge is -2.28. The van der Waals surface area contributed by atoms with E-state index in [0.29, 0.717) is 11.4 Å². The maximum absolute atomic E-state index is 12.0. The van der Waals surface area contributed by atoms with E-state index < -0.39 is 0 Å². The van der Waals surface area contributed by atoms with Crippen molar-refractivity contribution < 1.29 is 14.3 Å². The van der Waals surface area contributed by atoms with E-state index in [1.165, 1.54) is 4.90 Å². The third kappa shape index (κ3) is 4.07. The molecule has 0 unspecified atom stereocenters. The molecule has 1 aliphatic rings. The lowest BCUT2D eigenvalue weighted by atomic mass is 10.2. The van der Waals surface area contributed by atoms with Crippen LogP contribution in [0.2, 0.25) is 0 Å². The Morgan fingerprint density at radius 2 is 2.18 bits per heavy atom. The fraction of sp³-hybridized carbons (Fsp3) is 0.438. The maximum atomic E-state index is 12.0. The highest BCUT2D eigenvalue weighted by molar-refractivity contribution is 6.02. The molecule has 22 heavy (non-hydrogen) atoms. The zero-order valence-corrected chi connectivity index (χ0v) is 13.0. The SMILES string of the molecule is CCCC/C(C)=N\NC(=O)CN1C(=O)COc2ccccc21. The fourth-order valence-electron chi connectivity index (χ4n) is 2.15. The summed E-state index contributed by atoms with van der Waals surface area (Å²) in [5.41, 5.74) is 3.99. The fourth-order valence-corrected chi connectivity index (χ4v) is 2.15. The lowest BCUT2D eigenvalue weighted by molar-refractivity contribution is -0.125. The molecular formula is C16H21N3O3. The van der Waals surface area contributed by atoms with Crippen LogP contribution in [-0.4, -0.2) is 30.7 Å². The van der Waals surface area contributed by atoms with E-state index in [0.717, 1.165) is 25.0 Å². The van der Waals surface area contributed by atoms with Crippen molar-refractivity contribution in [2.24, 2.45) is 5.10 Å². The van der Waals surface area contributed by atoms with Gasteiger partial charge in [-0.05, 0) is 31.9 Å². The number of hydrogen-bond donors (Lipinski definition) is 1. The van der Waals surface area contributed by atoms with Crippen molar-refractivity contribution in [2.75, 3.05) is 18.1 Å². The normalized spacial score (nSPS) is 14.4. The number of anilines is 1. The Kier molecular flexibility index (Phi) is 5.52. The van der Waals surface area contributed by atoms with Gasteiger partial charge < -0.3 is 4.74 Å². The van der Waals surface area contributed by atoms with Gasteiger partial charge in [-0.2, -0.15) is 5.10 Å². The Balaban J connectivity index is 1.98. The van der Waals surface area contributed by atoms with Crippen molar-refractivity contribution in [3.63, 3.8) is 0 Å². The summed E-state index contributed by atoms with van der Waals surface area (Å²) in [7, 11) is 0. The molecular weight excluding hydrogens is 282 g/mol. The molecule has 1 aromatic carbocycles. The third-order valence-corrected chi connectivity index (χ3v) is 3.37. The molecule has 1 aromatic rings. The molecule has 0 bridgehead atoms. The molecule has 118 valence electrons. The first kappa shape index (κ1) is 16.0. The summed E-state index contributed by atoms with van der Waals surface area (Å²) < 4.78 is 5.34. The molecule has 0 atom stereocenters. The summed E-state index contributed by atoms with van der Waals surface area (Å²) in [6, 6.07) is 7.17. The van der Waals surface area contributed by atoms with E-state index >= 15 is 0 Å². The van der Waals surface area contributed by atoms with Gasteiger partial charge in [0.2, 0.25) is 0 Å². The Hall–Kier alpha value is -2.37. The van der Waals surface area contributed by atoms with Crippen LogP contribution < -0.4 is 15.1 Å². The van der Waals surface area contributed by atoms with Crippen LogP contribution in [0.25, 0.3) is 0 Å². The number of nitrogens with one attached hydrogen (secondary N) is 1. The average Bonchev–Trinajstić information content (AvgIpc) is 2.53. The van der Waals surface area contributed by atoms with Crippen molar-refractivity contribution in [1.82, 2.24) is 5.43 Å². The molecule has 0 aliphatic carbocycles. The van der Waals surface area contributed by atoms with Gasteiger partial charge in [-0.1, -0.05) is 25.5 Å². The molecule has 6 nitrogen and oxygen atoms in total. The highest BCUT2D eigenvalue weighted by Gasteiger charge is 2.26.